The van der Waals surface area contributed by atoms with Crippen LogP contribution in [0.2, 0.25) is 0 Å². The Labute approximate surface area is 259 Å². The summed E-state index contributed by atoms with van der Waals surface area (Å²) < 4.78 is 85.3. The quantitative estimate of drug-likeness (QED) is 0.271. The number of benzene rings is 2. The van der Waals surface area contributed by atoms with Crippen LogP contribution in [-0.4, -0.2) is 70.3 Å². The van der Waals surface area contributed by atoms with Gasteiger partial charge in [-0.05, 0) is 64.6 Å². The highest BCUT2D eigenvalue weighted by Gasteiger charge is 2.46. The first-order valence-corrected chi connectivity index (χ1v) is 16.2. The van der Waals surface area contributed by atoms with E-state index in [2.05, 4.69) is 4.98 Å². The minimum absolute atomic E-state index is 0.0668. The SMILES string of the molecule is C[C@@H]1CN(c2nc(=O)n3c4c(cc(C(F)(F)F)cc24)[SH](c2ccc(F)cc2F)CC2(COC2)C3)[C@@H](C)CN1C(=O)OC(C)(C)C. The molecule has 0 radical (unpaired) electrons. The minimum atomic E-state index is -4.76. The molecule has 4 heterocycles. The molecule has 1 spiro atoms. The molecule has 1 amide bonds. The number of rotatable bonds is 2. The molecule has 2 saturated heterocycles. The summed E-state index contributed by atoms with van der Waals surface area (Å²) >= 11 is 0. The van der Waals surface area contributed by atoms with Gasteiger partial charge in [-0.25, -0.2) is 18.4 Å². The van der Waals surface area contributed by atoms with Crippen LogP contribution in [0.1, 0.15) is 40.2 Å². The van der Waals surface area contributed by atoms with E-state index in [-0.39, 0.29) is 65.1 Å². The van der Waals surface area contributed by atoms with Crippen LogP contribution in [0, 0.1) is 17.0 Å². The second-order valence-electron chi connectivity index (χ2n) is 13.4. The van der Waals surface area contributed by atoms with Gasteiger partial charge in [-0.1, -0.05) is 0 Å². The van der Waals surface area contributed by atoms with Crippen molar-refractivity contribution in [2.24, 2.45) is 5.41 Å². The summed E-state index contributed by atoms with van der Waals surface area (Å²) in [5.74, 6) is -1.33. The summed E-state index contributed by atoms with van der Waals surface area (Å²) in [6.45, 7) is 9.85. The molecule has 244 valence electrons. The number of ether oxygens (including phenoxy) is 2. The zero-order valence-corrected chi connectivity index (χ0v) is 26.4. The maximum absolute atomic E-state index is 15.4. The van der Waals surface area contributed by atoms with E-state index in [9.17, 15) is 27.2 Å². The van der Waals surface area contributed by atoms with E-state index in [1.54, 1.807) is 44.4 Å². The third-order valence-corrected chi connectivity index (χ3v) is 11.4. The summed E-state index contributed by atoms with van der Waals surface area (Å²) in [5, 5.41) is 0.108. The predicted octanol–water partition coefficient (Wildman–Crippen LogP) is 5.98. The molecule has 3 aliphatic heterocycles. The molecule has 0 N–H and O–H groups in total. The first-order valence-electron chi connectivity index (χ1n) is 14.7. The van der Waals surface area contributed by atoms with Crippen LogP contribution in [-0.2, 0) is 22.2 Å². The summed E-state index contributed by atoms with van der Waals surface area (Å²) in [5.41, 5.74) is -2.70. The van der Waals surface area contributed by atoms with Crippen molar-refractivity contribution in [3.8, 4) is 0 Å². The van der Waals surface area contributed by atoms with Gasteiger partial charge < -0.3 is 19.3 Å². The van der Waals surface area contributed by atoms with Crippen LogP contribution in [0.25, 0.3) is 10.9 Å². The first kappa shape index (κ1) is 31.6. The largest absolute Gasteiger partial charge is 0.444 e. The lowest BCUT2D eigenvalue weighted by Gasteiger charge is -2.45. The number of carbonyl (C=O) groups excluding carboxylic acids is 1. The number of thiol groups is 1. The van der Waals surface area contributed by atoms with E-state index < -0.39 is 69.2 Å². The Kier molecular flexibility index (Phi) is 7.62. The van der Waals surface area contributed by atoms with E-state index in [1.807, 2.05) is 0 Å². The van der Waals surface area contributed by atoms with Crippen molar-refractivity contribution in [1.29, 1.82) is 0 Å². The number of aromatic nitrogens is 2. The normalized spacial score (nSPS) is 24.0. The van der Waals surface area contributed by atoms with Crippen molar-refractivity contribution in [3.05, 3.63) is 58.0 Å². The fraction of sp³-hybridized carbons (Fsp3) is 0.516. The Morgan fingerprint density at radius 3 is 2.36 bits per heavy atom. The van der Waals surface area contributed by atoms with Crippen LogP contribution >= 0.6 is 10.9 Å². The highest BCUT2D eigenvalue weighted by molar-refractivity contribution is 8.17. The Bertz CT molecular complexity index is 1740. The number of piperazine rings is 1. The summed E-state index contributed by atoms with van der Waals surface area (Å²) in [4.78, 5) is 34.7. The predicted molar refractivity (Wildman–Crippen MR) is 160 cm³/mol. The zero-order chi connectivity index (χ0) is 32.6. The van der Waals surface area contributed by atoms with E-state index in [1.165, 1.54) is 10.6 Å². The number of carbonyl (C=O) groups is 1. The van der Waals surface area contributed by atoms with E-state index in [0.717, 1.165) is 24.3 Å². The van der Waals surface area contributed by atoms with Crippen molar-refractivity contribution in [3.63, 3.8) is 0 Å². The molecule has 6 rings (SSSR count). The van der Waals surface area contributed by atoms with Gasteiger partial charge in [0, 0.05) is 58.4 Å². The molecule has 14 heteroatoms. The fourth-order valence-electron chi connectivity index (χ4n) is 6.41. The topological polar surface area (TPSA) is 76.9 Å². The van der Waals surface area contributed by atoms with Crippen LogP contribution in [0.15, 0.2) is 44.9 Å². The van der Waals surface area contributed by atoms with Gasteiger partial charge in [-0.2, -0.15) is 29.1 Å². The molecule has 3 aromatic rings. The van der Waals surface area contributed by atoms with Gasteiger partial charge in [-0.3, -0.25) is 4.57 Å². The smallest absolute Gasteiger partial charge is 0.416 e. The maximum atomic E-state index is 15.4. The minimum Gasteiger partial charge on any atom is -0.444 e. The standard InChI is InChI=1S/C31H35F5N4O4S/c1-17-12-39(28(42)44-29(3,4)5)18(2)11-38(17)26-21-8-19(31(34,35)36)9-24-25(21)40(27(41)37-26)13-30(14-43-15-30)16-45(24)23-7-6-20(32)10-22(23)33/h6-10,17-18,45H,11-16H2,1-5H3/t17-,18+/m0/s1. The number of halogens is 5. The van der Waals surface area contributed by atoms with Crippen LogP contribution in [0.5, 0.6) is 0 Å². The highest BCUT2D eigenvalue weighted by Crippen LogP contribution is 2.56. The van der Waals surface area contributed by atoms with E-state index >= 15 is 4.39 Å². The van der Waals surface area contributed by atoms with Gasteiger partial charge in [0.15, 0.2) is 0 Å². The number of hydrogen-bond donors (Lipinski definition) is 1. The van der Waals surface area contributed by atoms with E-state index in [0.29, 0.717) is 0 Å². The average Bonchev–Trinajstić information content (AvgIpc) is 3.06. The number of nitrogens with zero attached hydrogens (tertiary/aromatic N) is 4. The van der Waals surface area contributed by atoms with Gasteiger partial charge in [0.2, 0.25) is 0 Å². The number of alkyl halides is 3. The van der Waals surface area contributed by atoms with Crippen molar-refractivity contribution >= 4 is 33.7 Å². The molecule has 1 aromatic heterocycles. The third kappa shape index (κ3) is 5.75. The molecule has 3 atom stereocenters. The summed E-state index contributed by atoms with van der Waals surface area (Å²) in [6, 6.07) is 4.25. The third-order valence-electron chi connectivity index (χ3n) is 8.54. The van der Waals surface area contributed by atoms with E-state index in [4.69, 9.17) is 9.47 Å². The van der Waals surface area contributed by atoms with Crippen molar-refractivity contribution in [2.45, 2.75) is 74.8 Å². The molecular formula is C31H35F5N4O4S. The molecule has 0 aliphatic carbocycles. The van der Waals surface area contributed by atoms with Gasteiger partial charge in [-0.15, -0.1) is 0 Å². The first-order chi connectivity index (χ1) is 21.0. The lowest BCUT2D eigenvalue weighted by Crippen LogP contribution is -2.59. The second-order valence-corrected chi connectivity index (χ2v) is 15.5. The van der Waals surface area contributed by atoms with Gasteiger partial charge in [0.25, 0.3) is 0 Å². The lowest BCUT2D eigenvalue weighted by atomic mass is 9.88. The Hall–Kier alpha value is -3.39. The zero-order valence-electron chi connectivity index (χ0n) is 25.5. The molecule has 3 aliphatic rings. The number of anilines is 1. The summed E-state index contributed by atoms with van der Waals surface area (Å²) in [6.07, 6.45) is -5.27. The molecule has 0 saturated carbocycles. The Morgan fingerprint density at radius 2 is 1.76 bits per heavy atom. The van der Waals surface area contributed by atoms with Crippen molar-refractivity contribution < 1.29 is 36.2 Å². The molecule has 1 unspecified atom stereocenters. The van der Waals surface area contributed by atoms with Crippen LogP contribution in [0.4, 0.5) is 32.6 Å². The lowest BCUT2D eigenvalue weighted by molar-refractivity contribution is -0.137. The molecule has 2 aromatic carbocycles. The van der Waals surface area contributed by atoms with Crippen LogP contribution in [0.3, 0.4) is 0 Å². The molecule has 0 bridgehead atoms. The number of hydrogen-bond acceptors (Lipinski definition) is 6. The van der Waals surface area contributed by atoms with Crippen molar-refractivity contribution in [1.82, 2.24) is 14.5 Å². The highest BCUT2D eigenvalue weighted by atomic mass is 32.2. The average molecular weight is 655 g/mol. The van der Waals surface area contributed by atoms with Crippen LogP contribution < -0.4 is 10.6 Å². The second kappa shape index (κ2) is 10.9. The maximum Gasteiger partial charge on any atom is 0.416 e. The number of amides is 1. The van der Waals surface area contributed by atoms with Gasteiger partial charge in [0.1, 0.15) is 23.1 Å². The Morgan fingerprint density at radius 1 is 1.04 bits per heavy atom. The molecule has 8 nitrogen and oxygen atoms in total. The Balaban J connectivity index is 1.56. The monoisotopic (exact) mass is 654 g/mol. The molecular weight excluding hydrogens is 619 g/mol. The van der Waals surface area contributed by atoms with Crippen molar-refractivity contribution in [2.75, 3.05) is 37.0 Å². The van der Waals surface area contributed by atoms with Gasteiger partial charge in [0.05, 0.1) is 24.3 Å². The molecule has 45 heavy (non-hydrogen) atoms. The fourth-order valence-corrected chi connectivity index (χ4v) is 9.33. The van der Waals surface area contributed by atoms with Gasteiger partial charge >= 0.3 is 18.0 Å². The molecule has 2 fully saturated rings. The summed E-state index contributed by atoms with van der Waals surface area (Å²) in [7, 11) is -1.83.